The van der Waals surface area contributed by atoms with Crippen LogP contribution in [0.4, 0.5) is 5.13 Å². The van der Waals surface area contributed by atoms with Crippen LogP contribution in [0.25, 0.3) is 0 Å². The van der Waals surface area contributed by atoms with Gasteiger partial charge in [-0.15, -0.1) is 34.9 Å². The van der Waals surface area contributed by atoms with Gasteiger partial charge in [0.15, 0.2) is 10.8 Å². The highest BCUT2D eigenvalue weighted by atomic mass is 32.2. The maximum absolute atomic E-state index is 13.2. The Bertz CT molecular complexity index is 1200. The highest BCUT2D eigenvalue weighted by Gasteiger charge is 2.55. The van der Waals surface area contributed by atoms with Gasteiger partial charge in [-0.05, 0) is 33.6 Å². The Kier molecular flexibility index (Phi) is 9.08. The first-order valence-corrected chi connectivity index (χ1v) is 14.9. The lowest BCUT2D eigenvalue weighted by Crippen LogP contribution is -2.71. The lowest BCUT2D eigenvalue weighted by Gasteiger charge is -2.49. The molecule has 0 saturated carbocycles. The monoisotopic (exact) mass is 599 g/mol. The van der Waals surface area contributed by atoms with Crippen LogP contribution in [0, 0.1) is 5.41 Å². The second kappa shape index (κ2) is 12.1. The van der Waals surface area contributed by atoms with Gasteiger partial charge in [0.05, 0.1) is 11.5 Å². The second-order valence-corrected chi connectivity index (χ2v) is 12.9. The third-order valence-corrected chi connectivity index (χ3v) is 9.31. The Labute approximate surface area is 236 Å². The molecule has 0 radical (unpaired) electrons. The number of nitrogen functional groups attached to an aromatic ring is 1. The van der Waals surface area contributed by atoms with Crippen LogP contribution in [-0.4, -0.2) is 87.0 Å². The van der Waals surface area contributed by atoms with Gasteiger partial charge in [0, 0.05) is 28.4 Å². The Morgan fingerprint density at radius 2 is 2.13 bits per heavy atom. The number of β-lactam (4-membered cyclic amide) rings is 1. The summed E-state index contributed by atoms with van der Waals surface area (Å²) in [7, 11) is 0. The number of thiazole rings is 1. The number of aromatic nitrogens is 1. The summed E-state index contributed by atoms with van der Waals surface area (Å²) in [4.78, 5) is 57.1. The van der Waals surface area contributed by atoms with Gasteiger partial charge in [0.1, 0.15) is 22.8 Å². The number of anilines is 1. The van der Waals surface area contributed by atoms with E-state index in [-0.39, 0.29) is 22.6 Å². The number of esters is 2. The Hall–Kier alpha value is -2.82. The van der Waals surface area contributed by atoms with E-state index >= 15 is 0 Å². The van der Waals surface area contributed by atoms with Crippen LogP contribution >= 0.6 is 34.9 Å². The number of rotatable bonds is 9. The molecule has 2 amide bonds. The smallest absolute Gasteiger partial charge is 0.358 e. The summed E-state index contributed by atoms with van der Waals surface area (Å²) >= 11 is 3.85. The van der Waals surface area contributed by atoms with Crippen LogP contribution in [-0.2, 0) is 33.4 Å². The minimum Gasteiger partial charge on any atom is -0.427 e. The van der Waals surface area contributed by atoms with Gasteiger partial charge >= 0.3 is 11.9 Å². The molecule has 16 heteroatoms. The number of amides is 2. The molecule has 3 unspecified atom stereocenters. The summed E-state index contributed by atoms with van der Waals surface area (Å²) in [6, 6.07) is -0.985. The van der Waals surface area contributed by atoms with Crippen molar-refractivity contribution < 1.29 is 38.6 Å². The number of nitrogens with zero attached hydrogens (tertiary/aromatic N) is 3. The van der Waals surface area contributed by atoms with Crippen LogP contribution < -0.4 is 11.1 Å². The Morgan fingerprint density at radius 1 is 1.36 bits per heavy atom. The molecule has 1 aromatic heterocycles. The summed E-state index contributed by atoms with van der Waals surface area (Å²) < 4.78 is 16.0. The summed E-state index contributed by atoms with van der Waals surface area (Å²) in [6.45, 7) is 5.10. The number of carbonyl (C=O) groups excluding carboxylic acids is 4. The van der Waals surface area contributed by atoms with Gasteiger partial charge < -0.3 is 30.5 Å². The van der Waals surface area contributed by atoms with E-state index in [1.165, 1.54) is 33.8 Å². The average Bonchev–Trinajstić information content (AvgIpc) is 3.57. The fourth-order valence-electron chi connectivity index (χ4n) is 3.90. The van der Waals surface area contributed by atoms with Crippen LogP contribution in [0.1, 0.15) is 39.3 Å². The molecule has 0 bridgehead atoms. The fourth-order valence-corrected chi connectivity index (χ4v) is 7.15. The van der Waals surface area contributed by atoms with Gasteiger partial charge in [-0.3, -0.25) is 19.3 Å². The molecular weight excluding hydrogens is 570 g/mol. The van der Waals surface area contributed by atoms with E-state index in [4.69, 9.17) is 19.9 Å². The summed E-state index contributed by atoms with van der Waals surface area (Å²) in [6.07, 6.45) is 1.92. The number of fused-ring (bicyclic) bond motifs is 1. The average molecular weight is 600 g/mol. The molecule has 0 aromatic carbocycles. The second-order valence-electron chi connectivity index (χ2n) is 9.83. The molecule has 0 aliphatic carbocycles. The van der Waals surface area contributed by atoms with Gasteiger partial charge in [-0.2, -0.15) is 0 Å². The van der Waals surface area contributed by atoms with E-state index in [1.54, 1.807) is 20.8 Å². The number of hydrogen-bond acceptors (Lipinski definition) is 14. The first-order chi connectivity index (χ1) is 18.5. The Morgan fingerprint density at radius 3 is 2.74 bits per heavy atom. The number of hydrogen-bond donors (Lipinski definition) is 3. The molecule has 39 heavy (non-hydrogen) atoms. The van der Waals surface area contributed by atoms with E-state index in [1.807, 2.05) is 0 Å². The van der Waals surface area contributed by atoms with E-state index in [2.05, 4.69) is 15.5 Å². The predicted molar refractivity (Wildman–Crippen MR) is 145 cm³/mol. The van der Waals surface area contributed by atoms with Gasteiger partial charge in [0.25, 0.3) is 11.8 Å². The maximum Gasteiger partial charge on any atom is 0.358 e. The lowest BCUT2D eigenvalue weighted by molar-refractivity contribution is -0.173. The zero-order valence-electron chi connectivity index (χ0n) is 21.5. The highest BCUT2D eigenvalue weighted by molar-refractivity contribution is 8.06. The zero-order valence-corrected chi connectivity index (χ0v) is 24.0. The minimum absolute atomic E-state index is 0.0466. The number of nitrogens with two attached hydrogens (primary N) is 1. The topological polar surface area (TPSA) is 183 Å². The lowest BCUT2D eigenvalue weighted by atomic mass is 9.98. The number of ether oxygens (including phenoxy) is 3. The van der Waals surface area contributed by atoms with E-state index in [0.717, 1.165) is 24.2 Å². The minimum atomic E-state index is -0.985. The van der Waals surface area contributed by atoms with Crippen LogP contribution in [0.5, 0.6) is 0 Å². The maximum atomic E-state index is 13.2. The van der Waals surface area contributed by atoms with Crippen LogP contribution in [0.2, 0.25) is 0 Å². The normalized spacial score (nSPS) is 23.3. The van der Waals surface area contributed by atoms with Crippen molar-refractivity contribution in [2.24, 2.45) is 10.6 Å². The largest absolute Gasteiger partial charge is 0.427 e. The van der Waals surface area contributed by atoms with Gasteiger partial charge in [-0.1, -0.05) is 5.16 Å². The quantitative estimate of drug-likeness (QED) is 0.0930. The number of oxime groups is 1. The van der Waals surface area contributed by atoms with Crippen molar-refractivity contribution in [3.05, 3.63) is 21.7 Å². The molecule has 4 N–H and O–H groups in total. The van der Waals surface area contributed by atoms with Crippen molar-refractivity contribution in [3.8, 4) is 0 Å². The van der Waals surface area contributed by atoms with Crippen molar-refractivity contribution in [2.75, 3.05) is 30.6 Å². The van der Waals surface area contributed by atoms with Crippen molar-refractivity contribution in [1.82, 2.24) is 15.2 Å². The van der Waals surface area contributed by atoms with Crippen molar-refractivity contribution in [2.45, 2.75) is 51.1 Å². The molecule has 2 saturated heterocycles. The summed E-state index contributed by atoms with van der Waals surface area (Å²) in [5.74, 6) is -1.72. The van der Waals surface area contributed by atoms with Gasteiger partial charge in [-0.25, -0.2) is 9.78 Å². The van der Waals surface area contributed by atoms with Gasteiger partial charge in [0.2, 0.25) is 6.79 Å². The fraction of sp³-hybridized carbons (Fsp3) is 0.565. The molecule has 3 atom stereocenters. The molecule has 212 valence electrons. The van der Waals surface area contributed by atoms with E-state index < -0.39 is 53.1 Å². The van der Waals surface area contributed by atoms with Crippen LogP contribution in [0.3, 0.4) is 0 Å². The third-order valence-electron chi connectivity index (χ3n) is 5.95. The third kappa shape index (κ3) is 6.50. The standard InChI is InChI=1S/C23H29N5O8S3/c1-23(2,3)21(32)36-10-35-20(31)16-13(37-7-11-5-4-6-34-11)9-38-19-15(18(30)28(16)19)26-17(29)14(27-33)12-8-39-22(24)25-12/h8,11,15,19,33H,4-7,9-10H2,1-3H3,(H2,24,25)(H,26,29)/b27-14-. The number of carbonyl (C=O) groups is 4. The molecule has 2 fully saturated rings. The van der Waals surface area contributed by atoms with Crippen molar-refractivity contribution >= 4 is 69.5 Å². The molecule has 3 aliphatic heterocycles. The van der Waals surface area contributed by atoms with E-state index in [0.29, 0.717) is 23.0 Å². The number of nitrogens with one attached hydrogen (secondary N) is 1. The molecule has 4 rings (SSSR count). The number of thioether (sulfide) groups is 2. The molecule has 3 aliphatic rings. The first-order valence-electron chi connectivity index (χ1n) is 12.0. The predicted octanol–water partition coefficient (Wildman–Crippen LogP) is 1.52. The Balaban J connectivity index is 1.47. The van der Waals surface area contributed by atoms with Crippen LogP contribution in [0.15, 0.2) is 21.1 Å². The van der Waals surface area contributed by atoms with E-state index in [9.17, 15) is 24.4 Å². The molecular formula is C23H29N5O8S3. The SMILES string of the molecule is CC(C)(C)C(=O)OCOC(=O)C1=C(SCC2CCCO2)CSC2C(NC(=O)/C(=N\O)c3csc(N)n3)C(=O)N12. The zero-order chi connectivity index (χ0) is 28.3. The highest BCUT2D eigenvalue weighted by Crippen LogP contribution is 2.44. The molecule has 4 heterocycles. The first kappa shape index (κ1) is 29.2. The van der Waals surface area contributed by atoms with Crippen molar-refractivity contribution in [3.63, 3.8) is 0 Å². The van der Waals surface area contributed by atoms with Crippen molar-refractivity contribution in [1.29, 1.82) is 0 Å². The molecule has 0 spiro atoms. The summed E-state index contributed by atoms with van der Waals surface area (Å²) in [5, 5.41) is 16.0. The summed E-state index contributed by atoms with van der Waals surface area (Å²) in [5.41, 5.74) is 4.55. The molecule has 13 nitrogen and oxygen atoms in total. The molecule has 1 aromatic rings.